The summed E-state index contributed by atoms with van der Waals surface area (Å²) in [7, 11) is 3.38. The SMILES string of the molecule is CN(C)C(=O)CCNC(=O)C1(C(N)=S)CCCC1. The van der Waals surface area contributed by atoms with Gasteiger partial charge >= 0.3 is 0 Å². The standard InChI is InChI=1S/C12H21N3O2S/c1-15(2)9(16)5-8-14-11(17)12(10(13)18)6-3-4-7-12/h3-8H2,1-2H3,(H2,13,18)(H,14,17). The van der Waals surface area contributed by atoms with Crippen molar-refractivity contribution < 1.29 is 9.59 Å². The molecule has 1 fully saturated rings. The summed E-state index contributed by atoms with van der Waals surface area (Å²) >= 11 is 5.03. The third kappa shape index (κ3) is 3.19. The predicted molar refractivity (Wildman–Crippen MR) is 74.0 cm³/mol. The Hall–Kier alpha value is -1.17. The third-order valence-electron chi connectivity index (χ3n) is 3.49. The van der Waals surface area contributed by atoms with Crippen LogP contribution >= 0.6 is 12.2 Å². The molecule has 1 aliphatic carbocycles. The minimum Gasteiger partial charge on any atom is -0.392 e. The number of nitrogens with zero attached hydrogens (tertiary/aromatic N) is 1. The van der Waals surface area contributed by atoms with Crippen molar-refractivity contribution in [2.24, 2.45) is 11.1 Å². The molecule has 0 aromatic carbocycles. The summed E-state index contributed by atoms with van der Waals surface area (Å²) in [5, 5.41) is 2.78. The monoisotopic (exact) mass is 271 g/mol. The Bertz CT molecular complexity index is 349. The van der Waals surface area contributed by atoms with Crippen molar-refractivity contribution in [3.63, 3.8) is 0 Å². The number of hydrogen-bond donors (Lipinski definition) is 2. The highest BCUT2D eigenvalue weighted by atomic mass is 32.1. The van der Waals surface area contributed by atoms with E-state index in [9.17, 15) is 9.59 Å². The van der Waals surface area contributed by atoms with E-state index in [1.165, 1.54) is 4.90 Å². The van der Waals surface area contributed by atoms with E-state index in [1.54, 1.807) is 14.1 Å². The average Bonchev–Trinajstić information content (AvgIpc) is 2.78. The molecule has 18 heavy (non-hydrogen) atoms. The molecular weight excluding hydrogens is 250 g/mol. The molecule has 0 spiro atoms. The Morgan fingerprint density at radius 3 is 2.33 bits per heavy atom. The van der Waals surface area contributed by atoms with Gasteiger partial charge in [0.05, 0.1) is 10.4 Å². The van der Waals surface area contributed by atoms with Crippen LogP contribution in [0.15, 0.2) is 0 Å². The highest BCUT2D eigenvalue weighted by Gasteiger charge is 2.43. The summed E-state index contributed by atoms with van der Waals surface area (Å²) in [5.41, 5.74) is 5.02. The molecule has 2 amide bonds. The van der Waals surface area contributed by atoms with Crippen molar-refractivity contribution in [1.29, 1.82) is 0 Å². The number of amides is 2. The van der Waals surface area contributed by atoms with Gasteiger partial charge in [-0.25, -0.2) is 0 Å². The molecule has 1 aliphatic rings. The minimum absolute atomic E-state index is 0.00824. The minimum atomic E-state index is -0.684. The molecule has 0 aromatic heterocycles. The first-order valence-electron chi connectivity index (χ1n) is 6.18. The van der Waals surface area contributed by atoms with Gasteiger partial charge in [0.15, 0.2) is 0 Å². The maximum Gasteiger partial charge on any atom is 0.233 e. The normalized spacial score (nSPS) is 17.2. The largest absolute Gasteiger partial charge is 0.392 e. The molecule has 102 valence electrons. The van der Waals surface area contributed by atoms with Gasteiger partial charge in [-0.15, -0.1) is 0 Å². The van der Waals surface area contributed by atoms with Crippen LogP contribution in [0, 0.1) is 5.41 Å². The zero-order chi connectivity index (χ0) is 13.8. The molecule has 1 rings (SSSR count). The van der Waals surface area contributed by atoms with Crippen molar-refractivity contribution in [2.45, 2.75) is 32.1 Å². The molecule has 0 aliphatic heterocycles. The highest BCUT2D eigenvalue weighted by Crippen LogP contribution is 2.38. The summed E-state index contributed by atoms with van der Waals surface area (Å²) in [6.07, 6.45) is 3.68. The molecule has 0 aromatic rings. The first-order valence-corrected chi connectivity index (χ1v) is 6.59. The summed E-state index contributed by atoms with van der Waals surface area (Å²) in [4.78, 5) is 25.3. The van der Waals surface area contributed by atoms with Crippen LogP contribution in [0.25, 0.3) is 0 Å². The molecule has 0 unspecified atom stereocenters. The average molecular weight is 271 g/mol. The molecule has 0 saturated heterocycles. The van der Waals surface area contributed by atoms with Gasteiger partial charge < -0.3 is 16.0 Å². The van der Waals surface area contributed by atoms with Crippen molar-refractivity contribution >= 4 is 29.0 Å². The number of hydrogen-bond acceptors (Lipinski definition) is 3. The zero-order valence-corrected chi connectivity index (χ0v) is 11.8. The van der Waals surface area contributed by atoms with Crippen LogP contribution in [-0.4, -0.2) is 42.3 Å². The van der Waals surface area contributed by atoms with Gasteiger partial charge in [0.1, 0.15) is 0 Å². The van der Waals surface area contributed by atoms with E-state index in [-0.39, 0.29) is 16.8 Å². The molecule has 5 nitrogen and oxygen atoms in total. The third-order valence-corrected chi connectivity index (χ3v) is 3.88. The van der Waals surface area contributed by atoms with Crippen molar-refractivity contribution in [3.8, 4) is 0 Å². The van der Waals surface area contributed by atoms with Gasteiger partial charge in [-0.1, -0.05) is 25.1 Å². The van der Waals surface area contributed by atoms with E-state index in [4.69, 9.17) is 18.0 Å². The summed E-state index contributed by atoms with van der Waals surface area (Å²) < 4.78 is 0. The van der Waals surface area contributed by atoms with Crippen LogP contribution in [0.5, 0.6) is 0 Å². The van der Waals surface area contributed by atoms with E-state index in [0.717, 1.165) is 25.7 Å². The van der Waals surface area contributed by atoms with Crippen LogP contribution in [0.1, 0.15) is 32.1 Å². The Balaban J connectivity index is 2.49. The quantitative estimate of drug-likeness (QED) is 0.711. The topological polar surface area (TPSA) is 75.4 Å². The summed E-state index contributed by atoms with van der Waals surface area (Å²) in [5.74, 6) is -0.134. The van der Waals surface area contributed by atoms with E-state index >= 15 is 0 Å². The van der Waals surface area contributed by atoms with Gasteiger partial charge in [-0.2, -0.15) is 0 Å². The number of thiocarbonyl (C=S) groups is 1. The Morgan fingerprint density at radius 2 is 1.89 bits per heavy atom. The van der Waals surface area contributed by atoms with Crippen molar-refractivity contribution in [1.82, 2.24) is 10.2 Å². The maximum atomic E-state index is 12.2. The summed E-state index contributed by atoms with van der Waals surface area (Å²) in [6.45, 7) is 0.334. The lowest BCUT2D eigenvalue weighted by Crippen LogP contribution is -2.47. The van der Waals surface area contributed by atoms with Gasteiger partial charge in [-0.3, -0.25) is 9.59 Å². The molecular formula is C12H21N3O2S. The fourth-order valence-electron chi connectivity index (χ4n) is 2.24. The zero-order valence-electron chi connectivity index (χ0n) is 11.0. The van der Waals surface area contributed by atoms with Crippen LogP contribution in [0.3, 0.4) is 0 Å². The smallest absolute Gasteiger partial charge is 0.233 e. The fraction of sp³-hybridized carbons (Fsp3) is 0.750. The second-order valence-electron chi connectivity index (χ2n) is 4.95. The number of carbonyl (C=O) groups is 2. The molecule has 3 N–H and O–H groups in total. The van der Waals surface area contributed by atoms with Crippen LogP contribution < -0.4 is 11.1 Å². The van der Waals surface area contributed by atoms with Crippen molar-refractivity contribution in [2.75, 3.05) is 20.6 Å². The second-order valence-corrected chi connectivity index (χ2v) is 5.39. The predicted octanol–water partition coefficient (Wildman–Crippen LogP) is 0.427. The van der Waals surface area contributed by atoms with Gasteiger partial charge in [-0.05, 0) is 12.8 Å². The molecule has 1 saturated carbocycles. The lowest BCUT2D eigenvalue weighted by atomic mass is 9.85. The first kappa shape index (κ1) is 14.9. The maximum absolute atomic E-state index is 12.2. The lowest BCUT2D eigenvalue weighted by Gasteiger charge is -2.26. The van der Waals surface area contributed by atoms with E-state index < -0.39 is 5.41 Å². The first-order chi connectivity index (χ1) is 8.40. The van der Waals surface area contributed by atoms with Crippen molar-refractivity contribution in [3.05, 3.63) is 0 Å². The summed E-state index contributed by atoms with van der Waals surface area (Å²) in [6, 6.07) is 0. The van der Waals surface area contributed by atoms with E-state index in [0.29, 0.717) is 13.0 Å². The molecule has 0 atom stereocenters. The highest BCUT2D eigenvalue weighted by molar-refractivity contribution is 7.80. The van der Waals surface area contributed by atoms with Crippen LogP contribution in [-0.2, 0) is 9.59 Å². The number of rotatable bonds is 5. The number of carbonyl (C=O) groups excluding carboxylic acids is 2. The Morgan fingerprint density at radius 1 is 1.33 bits per heavy atom. The second kappa shape index (κ2) is 6.13. The Kier molecular flexibility index (Phi) is 5.07. The van der Waals surface area contributed by atoms with Gasteiger partial charge in [0, 0.05) is 27.1 Å². The molecule has 6 heteroatoms. The van der Waals surface area contributed by atoms with E-state index in [1.807, 2.05) is 0 Å². The molecule has 0 radical (unpaired) electrons. The molecule has 0 heterocycles. The van der Waals surface area contributed by atoms with Gasteiger partial charge in [0.2, 0.25) is 11.8 Å². The number of nitrogens with one attached hydrogen (secondary N) is 1. The fourth-order valence-corrected chi connectivity index (χ4v) is 2.54. The van der Waals surface area contributed by atoms with Crippen LogP contribution in [0.2, 0.25) is 0 Å². The van der Waals surface area contributed by atoms with Crippen LogP contribution in [0.4, 0.5) is 0 Å². The molecule has 0 bridgehead atoms. The lowest BCUT2D eigenvalue weighted by molar-refractivity contribution is -0.129. The number of nitrogens with two attached hydrogens (primary N) is 1. The van der Waals surface area contributed by atoms with Gasteiger partial charge in [0.25, 0.3) is 0 Å². The Labute approximate surface area is 113 Å². The van der Waals surface area contributed by atoms with E-state index in [2.05, 4.69) is 5.32 Å².